The zero-order chi connectivity index (χ0) is 15.1. The van der Waals surface area contributed by atoms with Crippen molar-refractivity contribution in [2.45, 2.75) is 25.8 Å². The molecule has 0 fully saturated rings. The van der Waals surface area contributed by atoms with Crippen molar-refractivity contribution in [2.75, 3.05) is 7.11 Å². The molecule has 2 aromatic rings. The quantitative estimate of drug-likeness (QED) is 0.882. The lowest BCUT2D eigenvalue weighted by Crippen LogP contribution is -2.33. The summed E-state index contributed by atoms with van der Waals surface area (Å²) in [7, 11) is 1.57. The number of carbonyl (C=O) groups is 1. The number of rotatable bonds is 6. The van der Waals surface area contributed by atoms with Crippen molar-refractivity contribution in [3.8, 4) is 5.75 Å². The number of nitrogens with one attached hydrogen (secondary N) is 1. The van der Waals surface area contributed by atoms with Crippen LogP contribution in [0.15, 0.2) is 54.6 Å². The number of carbonyl (C=O) groups excluding carboxylic acids is 1. The van der Waals surface area contributed by atoms with Crippen molar-refractivity contribution < 1.29 is 9.53 Å². The smallest absolute Gasteiger partial charge is 0.255 e. The minimum atomic E-state index is -0.0898. The first-order valence-corrected chi connectivity index (χ1v) is 7.18. The molecule has 3 heteroatoms. The third-order valence-corrected chi connectivity index (χ3v) is 3.44. The van der Waals surface area contributed by atoms with Gasteiger partial charge in [0.1, 0.15) is 5.75 Å². The average Bonchev–Trinajstić information content (AvgIpc) is 2.53. The van der Waals surface area contributed by atoms with Crippen molar-refractivity contribution in [3.05, 3.63) is 65.7 Å². The van der Waals surface area contributed by atoms with E-state index in [9.17, 15) is 4.79 Å². The molecule has 0 spiro atoms. The van der Waals surface area contributed by atoms with E-state index < -0.39 is 0 Å². The van der Waals surface area contributed by atoms with Crippen molar-refractivity contribution >= 4 is 5.91 Å². The van der Waals surface area contributed by atoms with Gasteiger partial charge in [-0.3, -0.25) is 4.79 Å². The molecule has 1 N–H and O–H groups in total. The number of hydrogen-bond acceptors (Lipinski definition) is 2. The fraction of sp³-hybridized carbons (Fsp3) is 0.278. The van der Waals surface area contributed by atoms with E-state index in [1.165, 1.54) is 5.56 Å². The van der Waals surface area contributed by atoms with Gasteiger partial charge in [-0.25, -0.2) is 0 Å². The highest BCUT2D eigenvalue weighted by molar-refractivity contribution is 5.97. The lowest BCUT2D eigenvalue weighted by Gasteiger charge is -2.15. The molecule has 1 amide bonds. The lowest BCUT2D eigenvalue weighted by molar-refractivity contribution is 0.0935. The summed E-state index contributed by atoms with van der Waals surface area (Å²) in [5.41, 5.74) is 1.86. The monoisotopic (exact) mass is 283 g/mol. The van der Waals surface area contributed by atoms with Crippen LogP contribution in [0, 0.1) is 0 Å². The zero-order valence-corrected chi connectivity index (χ0v) is 12.5. The van der Waals surface area contributed by atoms with Crippen LogP contribution in [0.1, 0.15) is 29.3 Å². The third kappa shape index (κ3) is 4.35. The maximum atomic E-state index is 12.3. The van der Waals surface area contributed by atoms with Gasteiger partial charge < -0.3 is 10.1 Å². The molecule has 1 atom stereocenters. The normalized spacial score (nSPS) is 11.7. The van der Waals surface area contributed by atoms with Crippen LogP contribution < -0.4 is 10.1 Å². The average molecular weight is 283 g/mol. The van der Waals surface area contributed by atoms with E-state index in [4.69, 9.17) is 4.74 Å². The molecular weight excluding hydrogens is 262 g/mol. The van der Waals surface area contributed by atoms with Gasteiger partial charge in [0.15, 0.2) is 0 Å². The molecule has 0 saturated heterocycles. The van der Waals surface area contributed by atoms with E-state index in [0.29, 0.717) is 11.3 Å². The van der Waals surface area contributed by atoms with Crippen LogP contribution >= 0.6 is 0 Å². The van der Waals surface area contributed by atoms with Crippen molar-refractivity contribution in [3.63, 3.8) is 0 Å². The highest BCUT2D eigenvalue weighted by atomic mass is 16.5. The topological polar surface area (TPSA) is 38.3 Å². The Labute approximate surface area is 126 Å². The van der Waals surface area contributed by atoms with Crippen LogP contribution in [0.2, 0.25) is 0 Å². The molecule has 0 aliphatic carbocycles. The minimum absolute atomic E-state index is 0.0898. The van der Waals surface area contributed by atoms with E-state index in [1.807, 2.05) is 37.3 Å². The van der Waals surface area contributed by atoms with Gasteiger partial charge in [-0.2, -0.15) is 0 Å². The molecule has 2 aromatic carbocycles. The second kappa shape index (κ2) is 7.48. The largest absolute Gasteiger partial charge is 0.496 e. The van der Waals surface area contributed by atoms with Crippen LogP contribution in [0.4, 0.5) is 0 Å². The molecule has 3 nitrogen and oxygen atoms in total. The molecule has 0 aromatic heterocycles. The van der Waals surface area contributed by atoms with Gasteiger partial charge in [0.2, 0.25) is 0 Å². The number of ether oxygens (including phenoxy) is 1. The van der Waals surface area contributed by atoms with Gasteiger partial charge in [-0.15, -0.1) is 0 Å². The number of amides is 1. The first-order chi connectivity index (χ1) is 10.2. The van der Waals surface area contributed by atoms with Crippen molar-refractivity contribution in [1.29, 1.82) is 0 Å². The van der Waals surface area contributed by atoms with Gasteiger partial charge in [-0.05, 0) is 37.5 Å². The number of para-hydroxylation sites is 1. The third-order valence-electron chi connectivity index (χ3n) is 3.44. The second-order valence-electron chi connectivity index (χ2n) is 5.10. The predicted octanol–water partition coefficient (Wildman–Crippen LogP) is 3.45. The van der Waals surface area contributed by atoms with Crippen LogP contribution in [0.3, 0.4) is 0 Å². The summed E-state index contributed by atoms with van der Waals surface area (Å²) in [6, 6.07) is 17.7. The maximum Gasteiger partial charge on any atom is 0.255 e. The fourth-order valence-electron chi connectivity index (χ4n) is 2.23. The minimum Gasteiger partial charge on any atom is -0.496 e. The number of methoxy groups -OCH3 is 1. The molecule has 0 radical (unpaired) electrons. The highest BCUT2D eigenvalue weighted by Gasteiger charge is 2.13. The Morgan fingerprint density at radius 2 is 1.76 bits per heavy atom. The van der Waals surface area contributed by atoms with Crippen LogP contribution in [0.5, 0.6) is 5.75 Å². The van der Waals surface area contributed by atoms with Gasteiger partial charge >= 0.3 is 0 Å². The van der Waals surface area contributed by atoms with Crippen LogP contribution in [-0.2, 0) is 6.42 Å². The molecule has 110 valence electrons. The van der Waals surface area contributed by atoms with E-state index >= 15 is 0 Å². The van der Waals surface area contributed by atoms with E-state index in [-0.39, 0.29) is 11.9 Å². The van der Waals surface area contributed by atoms with Crippen LogP contribution in [-0.4, -0.2) is 19.1 Å². The summed E-state index contributed by atoms with van der Waals surface area (Å²) in [4.78, 5) is 12.3. The molecule has 0 aliphatic rings. The molecule has 0 heterocycles. The van der Waals surface area contributed by atoms with Gasteiger partial charge in [-0.1, -0.05) is 42.5 Å². The molecule has 0 saturated carbocycles. The number of hydrogen-bond donors (Lipinski definition) is 1. The Morgan fingerprint density at radius 3 is 2.48 bits per heavy atom. The second-order valence-corrected chi connectivity index (χ2v) is 5.10. The fourth-order valence-corrected chi connectivity index (χ4v) is 2.23. The summed E-state index contributed by atoms with van der Waals surface area (Å²) >= 11 is 0. The summed E-state index contributed by atoms with van der Waals surface area (Å²) in [5.74, 6) is 0.512. The molecule has 0 unspecified atom stereocenters. The van der Waals surface area contributed by atoms with Crippen LogP contribution in [0.25, 0.3) is 0 Å². The number of benzene rings is 2. The van der Waals surface area contributed by atoms with Crippen molar-refractivity contribution in [1.82, 2.24) is 5.32 Å². The SMILES string of the molecule is COc1ccccc1C(=O)N[C@@H](C)CCc1ccccc1. The first kappa shape index (κ1) is 15.1. The Morgan fingerprint density at radius 1 is 1.10 bits per heavy atom. The molecule has 0 aliphatic heterocycles. The van der Waals surface area contributed by atoms with E-state index in [2.05, 4.69) is 17.4 Å². The van der Waals surface area contributed by atoms with Gasteiger partial charge in [0, 0.05) is 6.04 Å². The maximum absolute atomic E-state index is 12.3. The molecule has 2 rings (SSSR count). The zero-order valence-electron chi connectivity index (χ0n) is 12.5. The highest BCUT2D eigenvalue weighted by Crippen LogP contribution is 2.17. The summed E-state index contributed by atoms with van der Waals surface area (Å²) in [5, 5.41) is 3.02. The summed E-state index contributed by atoms with van der Waals surface area (Å²) in [6.45, 7) is 2.02. The lowest BCUT2D eigenvalue weighted by atomic mass is 10.1. The predicted molar refractivity (Wildman–Crippen MR) is 84.7 cm³/mol. The summed E-state index contributed by atoms with van der Waals surface area (Å²) < 4.78 is 5.22. The first-order valence-electron chi connectivity index (χ1n) is 7.18. The van der Waals surface area contributed by atoms with E-state index in [0.717, 1.165) is 12.8 Å². The molecular formula is C18H21NO2. The summed E-state index contributed by atoms with van der Waals surface area (Å²) in [6.07, 6.45) is 1.86. The standard InChI is InChI=1S/C18H21NO2/c1-14(12-13-15-8-4-3-5-9-15)19-18(20)16-10-6-7-11-17(16)21-2/h3-11,14H,12-13H2,1-2H3,(H,19,20)/t14-/m0/s1. The van der Waals surface area contributed by atoms with Gasteiger partial charge in [0.05, 0.1) is 12.7 Å². The van der Waals surface area contributed by atoms with E-state index in [1.54, 1.807) is 19.2 Å². The molecule has 21 heavy (non-hydrogen) atoms. The Hall–Kier alpha value is -2.29. The molecule has 0 bridgehead atoms. The van der Waals surface area contributed by atoms with Crippen molar-refractivity contribution in [2.24, 2.45) is 0 Å². The van der Waals surface area contributed by atoms with Gasteiger partial charge in [0.25, 0.3) is 5.91 Å². The Kier molecular flexibility index (Phi) is 5.38. The Bertz CT molecular complexity index is 581. The number of aryl methyl sites for hydroxylation is 1. The Balaban J connectivity index is 1.90.